The van der Waals surface area contributed by atoms with E-state index in [4.69, 9.17) is 4.74 Å². The molecule has 1 rings (SSSR count). The Balaban J connectivity index is 2.27. The lowest BCUT2D eigenvalue weighted by molar-refractivity contribution is 0.0827. The van der Waals surface area contributed by atoms with Gasteiger partial charge >= 0.3 is 0 Å². The minimum Gasteiger partial charge on any atom is -0.369 e. The molecule has 0 fully saturated rings. The van der Waals surface area contributed by atoms with Crippen molar-refractivity contribution >= 4 is 0 Å². The van der Waals surface area contributed by atoms with Crippen molar-refractivity contribution in [2.75, 3.05) is 27.4 Å². The molecule has 0 bridgehead atoms. The maximum Gasteiger partial charge on any atom is 0.0984 e. The summed E-state index contributed by atoms with van der Waals surface area (Å²) in [4.78, 5) is 2.16. The molecule has 0 unspecified atom stereocenters. The number of nitrogens with zero attached hydrogens (tertiary/aromatic N) is 1. The van der Waals surface area contributed by atoms with Crippen LogP contribution in [0.2, 0.25) is 0 Å². The van der Waals surface area contributed by atoms with Gasteiger partial charge in [0.2, 0.25) is 0 Å². The first-order chi connectivity index (χ1) is 6.33. The Morgan fingerprint density at radius 2 is 1.92 bits per heavy atom. The van der Waals surface area contributed by atoms with Crippen LogP contribution in [0.1, 0.15) is 5.56 Å². The molecule has 0 aliphatic carbocycles. The van der Waals surface area contributed by atoms with Crippen LogP contribution in [-0.2, 0) is 11.2 Å². The molecule has 0 atom stereocenters. The molecule has 0 heterocycles. The lowest BCUT2D eigenvalue weighted by atomic mass is 10.1. The van der Waals surface area contributed by atoms with Crippen LogP contribution in [-0.4, -0.2) is 32.3 Å². The number of hydrogen-bond acceptors (Lipinski definition) is 2. The van der Waals surface area contributed by atoms with E-state index < -0.39 is 0 Å². The van der Waals surface area contributed by atoms with E-state index in [1.54, 1.807) is 7.11 Å². The topological polar surface area (TPSA) is 12.5 Å². The van der Waals surface area contributed by atoms with Crippen molar-refractivity contribution in [2.24, 2.45) is 0 Å². The van der Waals surface area contributed by atoms with Gasteiger partial charge in [0.25, 0.3) is 0 Å². The molecule has 0 radical (unpaired) electrons. The molecule has 13 heavy (non-hydrogen) atoms. The van der Waals surface area contributed by atoms with Gasteiger partial charge in [-0.25, -0.2) is 0 Å². The summed E-state index contributed by atoms with van der Waals surface area (Å²) in [6, 6.07) is 10.5. The molecule has 0 aromatic heterocycles. The monoisotopic (exact) mass is 179 g/mol. The van der Waals surface area contributed by atoms with Gasteiger partial charge in [-0.15, -0.1) is 0 Å². The predicted molar refractivity (Wildman–Crippen MR) is 54.7 cm³/mol. The first-order valence-corrected chi connectivity index (χ1v) is 4.54. The van der Waals surface area contributed by atoms with Gasteiger partial charge < -0.3 is 4.74 Å². The van der Waals surface area contributed by atoms with Crippen molar-refractivity contribution in [1.29, 1.82) is 0 Å². The maximum atomic E-state index is 5.02. The molecule has 2 heteroatoms. The van der Waals surface area contributed by atoms with E-state index in [0.29, 0.717) is 6.73 Å². The third-order valence-electron chi connectivity index (χ3n) is 1.97. The van der Waals surface area contributed by atoms with Gasteiger partial charge in [0.1, 0.15) is 0 Å². The van der Waals surface area contributed by atoms with E-state index in [0.717, 1.165) is 13.0 Å². The second kappa shape index (κ2) is 5.73. The molecule has 0 saturated heterocycles. The summed E-state index contributed by atoms with van der Waals surface area (Å²) in [5, 5.41) is 0. The third-order valence-corrected chi connectivity index (χ3v) is 1.97. The van der Waals surface area contributed by atoms with Crippen molar-refractivity contribution in [3.8, 4) is 0 Å². The average Bonchev–Trinajstić information content (AvgIpc) is 2.17. The van der Waals surface area contributed by atoms with Gasteiger partial charge in [-0.05, 0) is 19.0 Å². The van der Waals surface area contributed by atoms with Gasteiger partial charge in [0.05, 0.1) is 6.73 Å². The highest BCUT2D eigenvalue weighted by Gasteiger charge is 1.96. The number of ether oxygens (including phenoxy) is 1. The van der Waals surface area contributed by atoms with Crippen LogP contribution < -0.4 is 0 Å². The molecule has 0 spiro atoms. The Morgan fingerprint density at radius 1 is 1.23 bits per heavy atom. The van der Waals surface area contributed by atoms with Gasteiger partial charge in [-0.3, -0.25) is 4.90 Å². The first-order valence-electron chi connectivity index (χ1n) is 4.54. The Bertz CT molecular complexity index is 223. The molecule has 0 aliphatic rings. The van der Waals surface area contributed by atoms with E-state index in [-0.39, 0.29) is 0 Å². The van der Waals surface area contributed by atoms with Gasteiger partial charge in [0.15, 0.2) is 0 Å². The highest BCUT2D eigenvalue weighted by atomic mass is 16.5. The summed E-state index contributed by atoms with van der Waals surface area (Å²) in [5.41, 5.74) is 1.38. The van der Waals surface area contributed by atoms with Gasteiger partial charge in [-0.2, -0.15) is 0 Å². The molecular formula is C11H17NO. The molecule has 1 aromatic carbocycles. The van der Waals surface area contributed by atoms with Crippen LogP contribution in [0.25, 0.3) is 0 Å². The second-order valence-electron chi connectivity index (χ2n) is 3.23. The van der Waals surface area contributed by atoms with Crippen LogP contribution in [0.3, 0.4) is 0 Å². The fourth-order valence-electron chi connectivity index (χ4n) is 1.25. The van der Waals surface area contributed by atoms with Crippen LogP contribution >= 0.6 is 0 Å². The van der Waals surface area contributed by atoms with E-state index in [2.05, 4.69) is 36.2 Å². The summed E-state index contributed by atoms with van der Waals surface area (Å²) in [5.74, 6) is 0. The SMILES string of the molecule is COCN(C)CCc1ccccc1. The minimum absolute atomic E-state index is 0.701. The number of benzene rings is 1. The molecule has 0 N–H and O–H groups in total. The van der Waals surface area contributed by atoms with Crippen LogP contribution in [0, 0.1) is 0 Å². The predicted octanol–water partition coefficient (Wildman–Crippen LogP) is 1.76. The van der Waals surface area contributed by atoms with Crippen molar-refractivity contribution in [3.63, 3.8) is 0 Å². The Morgan fingerprint density at radius 3 is 2.54 bits per heavy atom. The molecule has 0 saturated carbocycles. The van der Waals surface area contributed by atoms with Crippen molar-refractivity contribution in [1.82, 2.24) is 4.90 Å². The smallest absolute Gasteiger partial charge is 0.0984 e. The normalized spacial score (nSPS) is 10.7. The molecule has 0 amide bonds. The van der Waals surface area contributed by atoms with E-state index in [1.807, 2.05) is 6.07 Å². The summed E-state index contributed by atoms with van der Waals surface area (Å²) in [6.07, 6.45) is 1.08. The Hall–Kier alpha value is -0.860. The molecule has 1 aromatic rings. The minimum atomic E-state index is 0.701. The summed E-state index contributed by atoms with van der Waals surface area (Å²) in [7, 11) is 3.78. The molecule has 2 nitrogen and oxygen atoms in total. The van der Waals surface area contributed by atoms with E-state index >= 15 is 0 Å². The average molecular weight is 179 g/mol. The first kappa shape index (κ1) is 10.2. The number of likely N-dealkylation sites (N-methyl/N-ethyl adjacent to an activating group) is 1. The lowest BCUT2D eigenvalue weighted by Crippen LogP contribution is -2.23. The van der Waals surface area contributed by atoms with Gasteiger partial charge in [0, 0.05) is 13.7 Å². The van der Waals surface area contributed by atoms with Crippen molar-refractivity contribution in [3.05, 3.63) is 35.9 Å². The number of methoxy groups -OCH3 is 1. The van der Waals surface area contributed by atoms with E-state index in [9.17, 15) is 0 Å². The quantitative estimate of drug-likeness (QED) is 0.639. The standard InChI is InChI=1S/C11H17NO/c1-12(10-13-2)9-8-11-6-4-3-5-7-11/h3-7H,8-10H2,1-2H3. The summed E-state index contributed by atoms with van der Waals surface area (Å²) in [6.45, 7) is 1.74. The highest BCUT2D eigenvalue weighted by molar-refractivity contribution is 5.14. The fourth-order valence-corrected chi connectivity index (χ4v) is 1.25. The van der Waals surface area contributed by atoms with Crippen LogP contribution in [0.15, 0.2) is 30.3 Å². The maximum absolute atomic E-state index is 5.02. The molecular weight excluding hydrogens is 162 g/mol. The fraction of sp³-hybridized carbons (Fsp3) is 0.455. The van der Waals surface area contributed by atoms with Crippen molar-refractivity contribution < 1.29 is 4.74 Å². The summed E-state index contributed by atoms with van der Waals surface area (Å²) < 4.78 is 5.02. The number of hydrogen-bond donors (Lipinski definition) is 0. The molecule has 0 aliphatic heterocycles. The molecule has 72 valence electrons. The lowest BCUT2D eigenvalue weighted by Gasteiger charge is -2.14. The zero-order chi connectivity index (χ0) is 9.52. The second-order valence-corrected chi connectivity index (χ2v) is 3.23. The van der Waals surface area contributed by atoms with Crippen LogP contribution in [0.5, 0.6) is 0 Å². The zero-order valence-electron chi connectivity index (χ0n) is 8.36. The zero-order valence-corrected chi connectivity index (χ0v) is 8.36. The third kappa shape index (κ3) is 4.06. The number of rotatable bonds is 5. The van der Waals surface area contributed by atoms with Gasteiger partial charge in [-0.1, -0.05) is 30.3 Å². The largest absolute Gasteiger partial charge is 0.369 e. The van der Waals surface area contributed by atoms with E-state index in [1.165, 1.54) is 5.56 Å². The Labute approximate surface area is 80.1 Å². The summed E-state index contributed by atoms with van der Waals surface area (Å²) >= 11 is 0. The highest BCUT2D eigenvalue weighted by Crippen LogP contribution is 2.00. The Kier molecular flexibility index (Phi) is 4.50. The van der Waals surface area contributed by atoms with Crippen LogP contribution in [0.4, 0.5) is 0 Å². The van der Waals surface area contributed by atoms with Crippen molar-refractivity contribution in [2.45, 2.75) is 6.42 Å².